The van der Waals surface area contributed by atoms with Crippen LogP contribution in [0.5, 0.6) is 0 Å². The van der Waals surface area contributed by atoms with E-state index >= 15 is 0 Å². The van der Waals surface area contributed by atoms with Crippen molar-refractivity contribution in [3.63, 3.8) is 0 Å². The number of carbonyl (C=O) groups is 1. The standard InChI is InChI=1S/C17H22N2O2/c1-12(16(20)21-17(2,3)4)19-11-13-7-8-15-14(10-13)6-5-9-18-15/h5-10,12,19H,11H2,1-4H3/t12-/m0/s1. The number of nitrogens with zero attached hydrogens (tertiary/aromatic N) is 1. The van der Waals surface area contributed by atoms with Crippen LogP contribution in [-0.2, 0) is 16.1 Å². The zero-order valence-corrected chi connectivity index (χ0v) is 13.0. The van der Waals surface area contributed by atoms with E-state index < -0.39 is 5.60 Å². The molecule has 0 aliphatic rings. The summed E-state index contributed by atoms with van der Waals surface area (Å²) in [6, 6.07) is 9.70. The Morgan fingerprint density at radius 1 is 1.33 bits per heavy atom. The van der Waals surface area contributed by atoms with Crippen molar-refractivity contribution in [3.8, 4) is 0 Å². The Hall–Kier alpha value is -1.94. The Kier molecular flexibility index (Phi) is 4.58. The third kappa shape index (κ3) is 4.53. The van der Waals surface area contributed by atoms with E-state index in [4.69, 9.17) is 4.74 Å². The van der Waals surface area contributed by atoms with Crippen LogP contribution in [-0.4, -0.2) is 22.6 Å². The first kappa shape index (κ1) is 15.4. The van der Waals surface area contributed by atoms with Crippen LogP contribution in [0, 0.1) is 0 Å². The molecule has 0 amide bonds. The molecule has 0 radical (unpaired) electrons. The summed E-state index contributed by atoms with van der Waals surface area (Å²) in [7, 11) is 0. The zero-order valence-electron chi connectivity index (χ0n) is 13.0. The molecular formula is C17H22N2O2. The molecule has 0 unspecified atom stereocenters. The van der Waals surface area contributed by atoms with Crippen LogP contribution in [0.25, 0.3) is 10.9 Å². The van der Waals surface area contributed by atoms with Gasteiger partial charge < -0.3 is 10.1 Å². The fourth-order valence-corrected chi connectivity index (χ4v) is 1.98. The molecular weight excluding hydrogens is 264 g/mol. The molecule has 0 saturated carbocycles. The van der Waals surface area contributed by atoms with E-state index in [1.54, 1.807) is 6.20 Å². The number of ether oxygens (including phenoxy) is 1. The number of carbonyl (C=O) groups excluding carboxylic acids is 1. The number of pyridine rings is 1. The Labute approximate surface area is 125 Å². The summed E-state index contributed by atoms with van der Waals surface area (Å²) in [6.07, 6.45) is 1.78. The fraction of sp³-hybridized carbons (Fsp3) is 0.412. The molecule has 1 aromatic heterocycles. The number of nitrogens with one attached hydrogen (secondary N) is 1. The monoisotopic (exact) mass is 286 g/mol. The summed E-state index contributed by atoms with van der Waals surface area (Å²) in [4.78, 5) is 16.2. The molecule has 1 heterocycles. The Morgan fingerprint density at radius 2 is 2.10 bits per heavy atom. The van der Waals surface area contributed by atoms with Crippen LogP contribution in [0.1, 0.15) is 33.3 Å². The highest BCUT2D eigenvalue weighted by atomic mass is 16.6. The minimum atomic E-state index is -0.457. The van der Waals surface area contributed by atoms with E-state index in [0.29, 0.717) is 6.54 Å². The topological polar surface area (TPSA) is 51.2 Å². The predicted octanol–water partition coefficient (Wildman–Crippen LogP) is 3.05. The lowest BCUT2D eigenvalue weighted by Gasteiger charge is -2.22. The van der Waals surface area contributed by atoms with Crippen molar-refractivity contribution in [2.24, 2.45) is 0 Å². The quantitative estimate of drug-likeness (QED) is 0.878. The van der Waals surface area contributed by atoms with Crippen molar-refractivity contribution in [1.29, 1.82) is 0 Å². The van der Waals surface area contributed by atoms with Gasteiger partial charge in [0.25, 0.3) is 0 Å². The van der Waals surface area contributed by atoms with Crippen LogP contribution < -0.4 is 5.32 Å². The largest absolute Gasteiger partial charge is 0.459 e. The average molecular weight is 286 g/mol. The van der Waals surface area contributed by atoms with Gasteiger partial charge in [-0.25, -0.2) is 0 Å². The van der Waals surface area contributed by atoms with Crippen LogP contribution in [0.3, 0.4) is 0 Å². The van der Waals surface area contributed by atoms with E-state index in [9.17, 15) is 4.79 Å². The molecule has 0 fully saturated rings. The van der Waals surface area contributed by atoms with Gasteiger partial charge in [-0.2, -0.15) is 0 Å². The molecule has 0 aliphatic heterocycles. The summed E-state index contributed by atoms with van der Waals surface area (Å²) >= 11 is 0. The molecule has 0 spiro atoms. The summed E-state index contributed by atoms with van der Waals surface area (Å²) in [5.41, 5.74) is 1.63. The number of esters is 1. The molecule has 0 bridgehead atoms. The van der Waals surface area contributed by atoms with Gasteiger partial charge in [-0.15, -0.1) is 0 Å². The lowest BCUT2D eigenvalue weighted by molar-refractivity contribution is -0.157. The first-order chi connectivity index (χ1) is 9.85. The van der Waals surface area contributed by atoms with E-state index in [1.165, 1.54) is 0 Å². The van der Waals surface area contributed by atoms with E-state index in [2.05, 4.69) is 16.4 Å². The van der Waals surface area contributed by atoms with Crippen LogP contribution >= 0.6 is 0 Å². The van der Waals surface area contributed by atoms with Crippen molar-refractivity contribution in [3.05, 3.63) is 42.1 Å². The molecule has 112 valence electrons. The van der Waals surface area contributed by atoms with Gasteiger partial charge >= 0.3 is 5.97 Å². The Morgan fingerprint density at radius 3 is 2.81 bits per heavy atom. The summed E-state index contributed by atoms with van der Waals surface area (Å²) in [5, 5.41) is 4.29. The van der Waals surface area contributed by atoms with Crippen LogP contribution in [0.2, 0.25) is 0 Å². The molecule has 4 nitrogen and oxygen atoms in total. The number of rotatable bonds is 4. The smallest absolute Gasteiger partial charge is 0.323 e. The van der Waals surface area contributed by atoms with Gasteiger partial charge in [-0.3, -0.25) is 9.78 Å². The van der Waals surface area contributed by atoms with Crippen molar-refractivity contribution >= 4 is 16.9 Å². The number of hydrogen-bond donors (Lipinski definition) is 1. The van der Waals surface area contributed by atoms with E-state index in [1.807, 2.05) is 52.0 Å². The van der Waals surface area contributed by atoms with E-state index in [0.717, 1.165) is 16.5 Å². The number of aromatic nitrogens is 1. The summed E-state index contributed by atoms with van der Waals surface area (Å²) < 4.78 is 5.35. The van der Waals surface area contributed by atoms with Crippen molar-refractivity contribution in [2.75, 3.05) is 0 Å². The zero-order chi connectivity index (χ0) is 15.5. The molecule has 1 aromatic carbocycles. The normalized spacial score (nSPS) is 13.1. The molecule has 1 N–H and O–H groups in total. The number of fused-ring (bicyclic) bond motifs is 1. The minimum Gasteiger partial charge on any atom is -0.459 e. The Bertz CT molecular complexity index is 632. The number of hydrogen-bond acceptors (Lipinski definition) is 4. The molecule has 2 rings (SSSR count). The third-order valence-corrected chi connectivity index (χ3v) is 3.04. The molecule has 21 heavy (non-hydrogen) atoms. The van der Waals surface area contributed by atoms with Gasteiger partial charge in [0.2, 0.25) is 0 Å². The second kappa shape index (κ2) is 6.22. The Balaban J connectivity index is 1.96. The van der Waals surface area contributed by atoms with Gasteiger partial charge in [-0.1, -0.05) is 12.1 Å². The molecule has 1 atom stereocenters. The maximum atomic E-state index is 11.9. The third-order valence-electron chi connectivity index (χ3n) is 3.04. The second-order valence-corrected chi connectivity index (χ2v) is 6.17. The minimum absolute atomic E-state index is 0.232. The van der Waals surface area contributed by atoms with Gasteiger partial charge in [0.1, 0.15) is 11.6 Å². The molecule has 2 aromatic rings. The maximum absolute atomic E-state index is 11.9. The highest BCUT2D eigenvalue weighted by Crippen LogP contribution is 2.13. The first-order valence-electron chi connectivity index (χ1n) is 7.15. The highest BCUT2D eigenvalue weighted by Gasteiger charge is 2.21. The predicted molar refractivity (Wildman–Crippen MR) is 83.9 cm³/mol. The van der Waals surface area contributed by atoms with Gasteiger partial charge in [0.15, 0.2) is 0 Å². The van der Waals surface area contributed by atoms with Crippen molar-refractivity contribution in [1.82, 2.24) is 10.3 Å². The fourth-order valence-electron chi connectivity index (χ4n) is 1.98. The van der Waals surface area contributed by atoms with E-state index in [-0.39, 0.29) is 12.0 Å². The lowest BCUT2D eigenvalue weighted by atomic mass is 10.1. The average Bonchev–Trinajstić information content (AvgIpc) is 2.42. The van der Waals surface area contributed by atoms with Gasteiger partial charge in [-0.05, 0) is 51.5 Å². The SMILES string of the molecule is C[C@H](NCc1ccc2ncccc2c1)C(=O)OC(C)(C)C. The maximum Gasteiger partial charge on any atom is 0.323 e. The van der Waals surface area contributed by atoms with Gasteiger partial charge in [0, 0.05) is 18.1 Å². The number of benzene rings is 1. The second-order valence-electron chi connectivity index (χ2n) is 6.17. The highest BCUT2D eigenvalue weighted by molar-refractivity contribution is 5.79. The molecule has 0 saturated heterocycles. The van der Waals surface area contributed by atoms with Crippen molar-refractivity contribution < 1.29 is 9.53 Å². The van der Waals surface area contributed by atoms with Crippen LogP contribution in [0.4, 0.5) is 0 Å². The van der Waals surface area contributed by atoms with Gasteiger partial charge in [0.05, 0.1) is 5.52 Å². The molecule has 4 heteroatoms. The summed E-state index contributed by atoms with van der Waals surface area (Å²) in [5.74, 6) is -0.232. The first-order valence-corrected chi connectivity index (χ1v) is 7.15. The summed E-state index contributed by atoms with van der Waals surface area (Å²) in [6.45, 7) is 8.04. The van der Waals surface area contributed by atoms with Crippen molar-refractivity contribution in [2.45, 2.75) is 45.9 Å². The lowest BCUT2D eigenvalue weighted by Crippen LogP contribution is -2.38. The molecule has 0 aliphatic carbocycles. The van der Waals surface area contributed by atoms with Crippen LogP contribution in [0.15, 0.2) is 36.5 Å².